The van der Waals surface area contributed by atoms with E-state index in [9.17, 15) is 19.2 Å². The fraction of sp³-hybridized carbons (Fsp3) is 0.636. The Kier molecular flexibility index (Phi) is 7.95. The molecule has 0 aromatic rings. The lowest BCUT2D eigenvalue weighted by Crippen LogP contribution is -2.40. The molecule has 0 bridgehead atoms. The van der Waals surface area contributed by atoms with E-state index < -0.39 is 35.7 Å². The van der Waals surface area contributed by atoms with Crippen molar-refractivity contribution in [3.63, 3.8) is 0 Å². The van der Waals surface area contributed by atoms with Gasteiger partial charge < -0.3 is 18.9 Å². The van der Waals surface area contributed by atoms with E-state index in [4.69, 9.17) is 18.9 Å². The molecule has 1 saturated heterocycles. The van der Waals surface area contributed by atoms with Gasteiger partial charge in [0.05, 0.1) is 12.5 Å². The minimum atomic E-state index is -1.18. The number of hydrogen-bond acceptors (Lipinski definition) is 8. The van der Waals surface area contributed by atoms with Crippen LogP contribution in [-0.4, -0.2) is 49.3 Å². The monoisotopic (exact) mass is 422 g/mol. The number of carbonyl (C=O) groups is 4. The highest BCUT2D eigenvalue weighted by atomic mass is 16.7. The van der Waals surface area contributed by atoms with E-state index in [0.29, 0.717) is 11.9 Å². The minimum Gasteiger partial charge on any atom is -0.461 e. The maximum Gasteiger partial charge on any atom is 0.308 e. The van der Waals surface area contributed by atoms with Crippen molar-refractivity contribution in [3.8, 4) is 0 Å². The molecule has 8 heteroatoms. The predicted molar refractivity (Wildman–Crippen MR) is 106 cm³/mol. The summed E-state index contributed by atoms with van der Waals surface area (Å²) in [5, 5.41) is 0. The number of fused-ring (bicyclic) bond motifs is 1. The van der Waals surface area contributed by atoms with Crippen molar-refractivity contribution in [2.75, 3.05) is 13.2 Å². The van der Waals surface area contributed by atoms with Crippen LogP contribution in [0.15, 0.2) is 23.3 Å². The molecule has 2 rings (SSSR count). The van der Waals surface area contributed by atoms with E-state index in [0.717, 1.165) is 0 Å². The van der Waals surface area contributed by atoms with Crippen LogP contribution in [0, 0.1) is 17.8 Å². The molecule has 1 heterocycles. The maximum atomic E-state index is 12.2. The van der Waals surface area contributed by atoms with Crippen molar-refractivity contribution < 1.29 is 38.1 Å². The average molecular weight is 422 g/mol. The number of ether oxygens (including phenoxy) is 4. The summed E-state index contributed by atoms with van der Waals surface area (Å²) in [7, 11) is 0. The number of allylic oxidation sites excluding steroid dienone is 1. The predicted octanol–water partition coefficient (Wildman–Crippen LogP) is 2.50. The zero-order valence-corrected chi connectivity index (χ0v) is 18.1. The summed E-state index contributed by atoms with van der Waals surface area (Å²) in [5.74, 6) is -1.89. The van der Waals surface area contributed by atoms with Gasteiger partial charge in [0.2, 0.25) is 6.29 Å². The second kappa shape index (κ2) is 10.0. The van der Waals surface area contributed by atoms with E-state index in [1.54, 1.807) is 12.2 Å². The molecule has 0 saturated carbocycles. The standard InChI is InChI=1S/C22H30O8/c1-13(2)8-18(25)27-11-16(10-23)17-6-7-22(30-15(5)24)12-28-21(20(17)22)29-19(26)9-14(3)4/h6-7,10,13-14,20-21H,8-9,11-12H2,1-5H3/b17-16+. The topological polar surface area (TPSA) is 105 Å². The molecule has 8 nitrogen and oxygen atoms in total. The second-order valence-corrected chi connectivity index (χ2v) is 8.48. The molecule has 3 atom stereocenters. The van der Waals surface area contributed by atoms with Gasteiger partial charge in [0.25, 0.3) is 0 Å². The number of hydrogen-bond donors (Lipinski definition) is 0. The number of esters is 3. The summed E-state index contributed by atoms with van der Waals surface area (Å²) < 4.78 is 21.9. The molecule has 3 unspecified atom stereocenters. The fourth-order valence-electron chi connectivity index (χ4n) is 3.58. The molecule has 0 N–H and O–H groups in total. The Morgan fingerprint density at radius 1 is 1.17 bits per heavy atom. The van der Waals surface area contributed by atoms with Gasteiger partial charge in [0.1, 0.15) is 12.9 Å². The molecule has 0 aromatic heterocycles. The fourth-order valence-corrected chi connectivity index (χ4v) is 3.58. The molecule has 0 radical (unpaired) electrons. The maximum absolute atomic E-state index is 12.2. The third-order valence-electron chi connectivity index (χ3n) is 4.78. The van der Waals surface area contributed by atoms with Crippen molar-refractivity contribution in [2.24, 2.45) is 17.8 Å². The first-order valence-electron chi connectivity index (χ1n) is 10.1. The van der Waals surface area contributed by atoms with E-state index in [2.05, 4.69) is 0 Å². The van der Waals surface area contributed by atoms with Gasteiger partial charge in [-0.1, -0.05) is 33.8 Å². The molecular weight excluding hydrogens is 392 g/mol. The van der Waals surface area contributed by atoms with Gasteiger partial charge in [-0.15, -0.1) is 0 Å². The summed E-state index contributed by atoms with van der Waals surface area (Å²) in [6, 6.07) is 0. The SMILES string of the molecule is CC(=O)OC12C=C/C(=C(/C=O)COC(=O)CC(C)C)C1C(OC(=O)CC(C)C)OC2. The summed E-state index contributed by atoms with van der Waals surface area (Å²) in [5.41, 5.74) is -0.513. The highest BCUT2D eigenvalue weighted by Gasteiger charge is 2.57. The summed E-state index contributed by atoms with van der Waals surface area (Å²) in [6.45, 7) is 8.58. The van der Waals surface area contributed by atoms with Gasteiger partial charge in [0.15, 0.2) is 5.60 Å². The quantitative estimate of drug-likeness (QED) is 0.242. The van der Waals surface area contributed by atoms with Crippen LogP contribution in [-0.2, 0) is 38.1 Å². The van der Waals surface area contributed by atoms with Gasteiger partial charge in [-0.3, -0.25) is 19.2 Å². The first-order valence-corrected chi connectivity index (χ1v) is 10.1. The van der Waals surface area contributed by atoms with E-state index in [-0.39, 0.29) is 43.5 Å². The highest BCUT2D eigenvalue weighted by molar-refractivity contribution is 5.79. The molecule has 166 valence electrons. The van der Waals surface area contributed by atoms with Crippen molar-refractivity contribution >= 4 is 24.2 Å². The molecule has 1 fully saturated rings. The molecular formula is C22H30O8. The number of aldehydes is 1. The summed E-state index contributed by atoms with van der Waals surface area (Å²) >= 11 is 0. The van der Waals surface area contributed by atoms with Crippen molar-refractivity contribution in [1.29, 1.82) is 0 Å². The van der Waals surface area contributed by atoms with Gasteiger partial charge in [-0.2, -0.15) is 0 Å². The molecule has 0 spiro atoms. The van der Waals surface area contributed by atoms with Crippen molar-refractivity contribution in [3.05, 3.63) is 23.3 Å². The van der Waals surface area contributed by atoms with Crippen LogP contribution in [0.25, 0.3) is 0 Å². The molecule has 30 heavy (non-hydrogen) atoms. The molecule has 1 aliphatic heterocycles. The Morgan fingerprint density at radius 2 is 1.80 bits per heavy atom. The Labute approximate surface area is 176 Å². The van der Waals surface area contributed by atoms with E-state index in [1.165, 1.54) is 6.92 Å². The van der Waals surface area contributed by atoms with Crippen LogP contribution in [0.3, 0.4) is 0 Å². The third kappa shape index (κ3) is 5.78. The first-order chi connectivity index (χ1) is 14.1. The Hall–Kier alpha value is -2.48. The summed E-state index contributed by atoms with van der Waals surface area (Å²) in [6.07, 6.45) is 3.27. The van der Waals surface area contributed by atoms with E-state index >= 15 is 0 Å². The second-order valence-electron chi connectivity index (χ2n) is 8.48. The van der Waals surface area contributed by atoms with Gasteiger partial charge in [0, 0.05) is 25.3 Å². The van der Waals surface area contributed by atoms with E-state index in [1.807, 2.05) is 27.7 Å². The normalized spacial score (nSPS) is 26.5. The van der Waals surface area contributed by atoms with Gasteiger partial charge >= 0.3 is 17.9 Å². The van der Waals surface area contributed by atoms with Gasteiger partial charge in [-0.25, -0.2) is 0 Å². The smallest absolute Gasteiger partial charge is 0.308 e. The third-order valence-corrected chi connectivity index (χ3v) is 4.78. The molecule has 0 amide bonds. The first kappa shape index (κ1) is 23.8. The zero-order chi connectivity index (χ0) is 22.5. The Balaban J connectivity index is 2.28. The summed E-state index contributed by atoms with van der Waals surface area (Å²) in [4.78, 5) is 47.6. The van der Waals surface area contributed by atoms with Crippen LogP contribution < -0.4 is 0 Å². The molecule has 2 aliphatic rings. The highest BCUT2D eigenvalue weighted by Crippen LogP contribution is 2.47. The zero-order valence-electron chi connectivity index (χ0n) is 18.1. The lowest BCUT2D eigenvalue weighted by molar-refractivity contribution is -0.174. The largest absolute Gasteiger partial charge is 0.461 e. The Bertz CT molecular complexity index is 748. The van der Waals surface area contributed by atoms with Crippen molar-refractivity contribution in [2.45, 2.75) is 59.4 Å². The van der Waals surface area contributed by atoms with Crippen molar-refractivity contribution in [1.82, 2.24) is 0 Å². The Morgan fingerprint density at radius 3 is 2.37 bits per heavy atom. The van der Waals surface area contributed by atoms with Crippen LogP contribution in [0.5, 0.6) is 0 Å². The molecule has 0 aromatic carbocycles. The van der Waals surface area contributed by atoms with Crippen LogP contribution in [0.1, 0.15) is 47.5 Å². The minimum absolute atomic E-state index is 0.0177. The van der Waals surface area contributed by atoms with Crippen LogP contribution in [0.4, 0.5) is 0 Å². The average Bonchev–Trinajstić information content (AvgIpc) is 3.12. The molecule has 1 aliphatic carbocycles. The number of rotatable bonds is 9. The lowest BCUT2D eigenvalue weighted by Gasteiger charge is -2.28. The van der Waals surface area contributed by atoms with Crippen LogP contribution in [0.2, 0.25) is 0 Å². The van der Waals surface area contributed by atoms with Gasteiger partial charge in [-0.05, 0) is 23.5 Å². The number of carbonyl (C=O) groups excluding carboxylic acids is 4. The van der Waals surface area contributed by atoms with Crippen LogP contribution >= 0.6 is 0 Å². The lowest BCUT2D eigenvalue weighted by atomic mass is 9.87.